The van der Waals surface area contributed by atoms with Crippen molar-refractivity contribution in [2.45, 2.75) is 18.9 Å². The van der Waals surface area contributed by atoms with Gasteiger partial charge in [-0.1, -0.05) is 19.1 Å². The molecule has 0 unspecified atom stereocenters. The average molecular weight is 370 g/mol. The van der Waals surface area contributed by atoms with Gasteiger partial charge in [-0.05, 0) is 48.4 Å². The maximum absolute atomic E-state index is 13.2. The zero-order valence-electron chi connectivity index (χ0n) is 15.0. The third-order valence-corrected chi connectivity index (χ3v) is 4.76. The number of carbonyl (C=O) groups is 3. The molecule has 1 saturated heterocycles. The third kappa shape index (κ3) is 3.28. The van der Waals surface area contributed by atoms with Crippen LogP contribution in [0, 0.1) is 5.82 Å². The topological polar surface area (TPSA) is 75.7 Å². The van der Waals surface area contributed by atoms with Gasteiger partial charge in [0.1, 0.15) is 17.1 Å². The molecule has 3 rings (SSSR count). The van der Waals surface area contributed by atoms with Crippen LogP contribution in [0.4, 0.5) is 9.18 Å². The summed E-state index contributed by atoms with van der Waals surface area (Å²) in [6.45, 7) is 1.37. The Hall–Kier alpha value is -3.22. The maximum atomic E-state index is 13.2. The Bertz CT molecular complexity index is 880. The molecule has 1 atom stereocenters. The zero-order valence-corrected chi connectivity index (χ0v) is 15.0. The predicted octanol–water partition coefficient (Wildman–Crippen LogP) is 2.87. The van der Waals surface area contributed by atoms with Gasteiger partial charge in [0, 0.05) is 5.56 Å². The van der Waals surface area contributed by atoms with E-state index in [4.69, 9.17) is 4.74 Å². The molecule has 27 heavy (non-hydrogen) atoms. The number of ether oxygens (including phenoxy) is 1. The zero-order chi connectivity index (χ0) is 19.6. The van der Waals surface area contributed by atoms with Crippen molar-refractivity contribution in [3.8, 4) is 5.75 Å². The van der Waals surface area contributed by atoms with Crippen LogP contribution in [-0.4, -0.2) is 36.3 Å². The molecular formula is C20H19FN2O4. The van der Waals surface area contributed by atoms with Crippen molar-refractivity contribution >= 4 is 17.7 Å². The van der Waals surface area contributed by atoms with Crippen LogP contribution in [0.5, 0.6) is 5.75 Å². The number of benzene rings is 2. The lowest BCUT2D eigenvalue weighted by Crippen LogP contribution is -2.43. The maximum Gasteiger partial charge on any atom is 0.325 e. The first-order valence-corrected chi connectivity index (χ1v) is 8.48. The SMILES string of the molecule is CC[C@]1(c2ccc(F)cc2)NC(=O)N(CC(=O)c2ccc(OC)cc2)C1=O. The summed E-state index contributed by atoms with van der Waals surface area (Å²) in [5.41, 5.74) is -0.457. The second kappa shape index (κ2) is 7.19. The number of rotatable bonds is 6. The fourth-order valence-electron chi connectivity index (χ4n) is 3.16. The molecule has 6 nitrogen and oxygen atoms in total. The van der Waals surface area contributed by atoms with Crippen LogP contribution in [0.3, 0.4) is 0 Å². The van der Waals surface area contributed by atoms with Gasteiger partial charge < -0.3 is 10.1 Å². The molecule has 1 fully saturated rings. The van der Waals surface area contributed by atoms with Crippen molar-refractivity contribution < 1.29 is 23.5 Å². The van der Waals surface area contributed by atoms with Crippen LogP contribution < -0.4 is 10.1 Å². The number of Topliss-reactive ketones (excluding diaryl/α,β-unsaturated/α-hetero) is 1. The molecule has 1 aliphatic rings. The van der Waals surface area contributed by atoms with Gasteiger partial charge in [0.25, 0.3) is 5.91 Å². The minimum Gasteiger partial charge on any atom is -0.497 e. The number of urea groups is 1. The molecule has 0 spiro atoms. The molecule has 1 N–H and O–H groups in total. The van der Waals surface area contributed by atoms with Gasteiger partial charge in [0.05, 0.1) is 13.7 Å². The molecule has 2 aromatic rings. The van der Waals surface area contributed by atoms with E-state index in [1.54, 1.807) is 31.2 Å². The Morgan fingerprint density at radius 1 is 1.11 bits per heavy atom. The van der Waals surface area contributed by atoms with E-state index in [9.17, 15) is 18.8 Å². The minimum atomic E-state index is -1.30. The molecule has 140 valence electrons. The molecule has 0 aliphatic carbocycles. The van der Waals surface area contributed by atoms with Crippen molar-refractivity contribution in [2.75, 3.05) is 13.7 Å². The van der Waals surface area contributed by atoms with Gasteiger partial charge in [-0.15, -0.1) is 0 Å². The van der Waals surface area contributed by atoms with E-state index in [0.29, 0.717) is 16.9 Å². The van der Waals surface area contributed by atoms with Crippen LogP contribution in [0.15, 0.2) is 48.5 Å². The molecule has 3 amide bonds. The van der Waals surface area contributed by atoms with Crippen molar-refractivity contribution in [1.82, 2.24) is 10.2 Å². The van der Waals surface area contributed by atoms with E-state index < -0.39 is 23.3 Å². The Kier molecular flexibility index (Phi) is 4.94. The summed E-state index contributed by atoms with van der Waals surface area (Å²) < 4.78 is 18.3. The standard InChI is InChI=1S/C20H19FN2O4/c1-3-20(14-6-8-15(21)9-7-14)18(25)23(19(26)22-20)12-17(24)13-4-10-16(27-2)11-5-13/h4-11H,3,12H2,1-2H3,(H,22,26)/t20-/m1/s1. The Morgan fingerprint density at radius 2 is 1.74 bits per heavy atom. The highest BCUT2D eigenvalue weighted by Gasteiger charge is 2.51. The number of amides is 3. The Labute approximate surface area is 155 Å². The number of imide groups is 1. The number of nitrogens with one attached hydrogen (secondary N) is 1. The number of hydrogen-bond donors (Lipinski definition) is 1. The lowest BCUT2D eigenvalue weighted by Gasteiger charge is -2.25. The van der Waals surface area contributed by atoms with E-state index in [2.05, 4.69) is 5.32 Å². The van der Waals surface area contributed by atoms with Crippen LogP contribution in [0.25, 0.3) is 0 Å². The molecule has 7 heteroatoms. The molecule has 0 bridgehead atoms. The van der Waals surface area contributed by atoms with Gasteiger partial charge >= 0.3 is 6.03 Å². The first-order valence-electron chi connectivity index (χ1n) is 8.48. The van der Waals surface area contributed by atoms with Gasteiger partial charge in [-0.2, -0.15) is 0 Å². The van der Waals surface area contributed by atoms with Crippen LogP contribution in [-0.2, 0) is 10.3 Å². The third-order valence-electron chi connectivity index (χ3n) is 4.76. The second-order valence-electron chi connectivity index (χ2n) is 6.24. The monoisotopic (exact) mass is 370 g/mol. The van der Waals surface area contributed by atoms with Crippen molar-refractivity contribution in [3.05, 3.63) is 65.5 Å². The molecule has 0 saturated carbocycles. The minimum absolute atomic E-state index is 0.274. The van der Waals surface area contributed by atoms with E-state index >= 15 is 0 Å². The summed E-state index contributed by atoms with van der Waals surface area (Å²) >= 11 is 0. The number of carbonyl (C=O) groups excluding carboxylic acids is 3. The molecule has 0 aromatic heterocycles. The highest BCUT2D eigenvalue weighted by molar-refractivity contribution is 6.11. The summed E-state index contributed by atoms with van der Waals surface area (Å²) in [5.74, 6) is -0.730. The van der Waals surface area contributed by atoms with Crippen molar-refractivity contribution in [3.63, 3.8) is 0 Å². The fraction of sp³-hybridized carbons (Fsp3) is 0.250. The number of halogens is 1. The van der Waals surface area contributed by atoms with Crippen molar-refractivity contribution in [1.29, 1.82) is 0 Å². The number of nitrogens with zero attached hydrogens (tertiary/aromatic N) is 1. The lowest BCUT2D eigenvalue weighted by atomic mass is 9.87. The average Bonchev–Trinajstić information content (AvgIpc) is 2.93. The quantitative estimate of drug-likeness (QED) is 0.627. The van der Waals surface area contributed by atoms with Gasteiger partial charge in [0.15, 0.2) is 5.78 Å². The highest BCUT2D eigenvalue weighted by atomic mass is 19.1. The summed E-state index contributed by atoms with van der Waals surface area (Å²) in [6.07, 6.45) is 0.274. The predicted molar refractivity (Wildman–Crippen MR) is 95.9 cm³/mol. The van der Waals surface area contributed by atoms with Gasteiger partial charge in [-0.25, -0.2) is 9.18 Å². The molecule has 0 radical (unpaired) electrons. The Balaban J connectivity index is 1.84. The van der Waals surface area contributed by atoms with Crippen molar-refractivity contribution in [2.24, 2.45) is 0 Å². The highest BCUT2D eigenvalue weighted by Crippen LogP contribution is 2.32. The van der Waals surface area contributed by atoms with Crippen LogP contribution >= 0.6 is 0 Å². The number of methoxy groups -OCH3 is 1. The van der Waals surface area contributed by atoms with E-state index in [0.717, 1.165) is 4.90 Å². The molecule has 1 heterocycles. The summed E-state index contributed by atoms with van der Waals surface area (Å²) in [6, 6.07) is 11.2. The molecular weight excluding hydrogens is 351 g/mol. The van der Waals surface area contributed by atoms with E-state index in [-0.39, 0.29) is 18.7 Å². The van der Waals surface area contributed by atoms with E-state index in [1.807, 2.05) is 0 Å². The summed E-state index contributed by atoms with van der Waals surface area (Å²) in [5, 5.41) is 2.67. The first kappa shape index (κ1) is 18.6. The van der Waals surface area contributed by atoms with Crippen LogP contribution in [0.1, 0.15) is 29.3 Å². The fourth-order valence-corrected chi connectivity index (χ4v) is 3.16. The molecule has 1 aliphatic heterocycles. The van der Waals surface area contributed by atoms with E-state index in [1.165, 1.54) is 31.4 Å². The number of hydrogen-bond acceptors (Lipinski definition) is 4. The summed E-state index contributed by atoms with van der Waals surface area (Å²) in [7, 11) is 1.52. The van der Waals surface area contributed by atoms with Crippen LogP contribution in [0.2, 0.25) is 0 Å². The number of ketones is 1. The largest absolute Gasteiger partial charge is 0.497 e. The first-order chi connectivity index (χ1) is 12.9. The second-order valence-corrected chi connectivity index (χ2v) is 6.24. The van der Waals surface area contributed by atoms with Gasteiger partial charge in [-0.3, -0.25) is 14.5 Å². The molecule has 2 aromatic carbocycles. The lowest BCUT2D eigenvalue weighted by molar-refractivity contribution is -0.131. The normalized spacial score (nSPS) is 19.1. The smallest absolute Gasteiger partial charge is 0.325 e. The Morgan fingerprint density at radius 3 is 2.30 bits per heavy atom. The van der Waals surface area contributed by atoms with Gasteiger partial charge in [0.2, 0.25) is 0 Å². The summed E-state index contributed by atoms with van der Waals surface area (Å²) in [4.78, 5) is 38.8.